The zero-order valence-electron chi connectivity index (χ0n) is 15.2. The Bertz CT molecular complexity index is 822. The molecule has 25 heavy (non-hydrogen) atoms. The molecule has 0 saturated heterocycles. The van der Waals surface area contributed by atoms with Gasteiger partial charge in [-0.25, -0.2) is 4.79 Å². The minimum Gasteiger partial charge on any atom is -0.449 e. The van der Waals surface area contributed by atoms with Crippen LogP contribution in [0.5, 0.6) is 0 Å². The summed E-state index contributed by atoms with van der Waals surface area (Å²) in [4.78, 5) is 27.0. The van der Waals surface area contributed by atoms with Crippen molar-refractivity contribution in [3.05, 3.63) is 52.8 Å². The fourth-order valence-corrected chi connectivity index (χ4v) is 3.56. The monoisotopic (exact) mass is 340 g/mol. The number of anilines is 1. The summed E-state index contributed by atoms with van der Waals surface area (Å²) in [6, 6.07) is 9.67. The Kier molecular flexibility index (Phi) is 4.66. The van der Waals surface area contributed by atoms with Crippen molar-refractivity contribution in [2.24, 2.45) is 0 Å². The Morgan fingerprint density at radius 2 is 1.96 bits per heavy atom. The number of benzene rings is 1. The summed E-state index contributed by atoms with van der Waals surface area (Å²) in [5.74, 6) is -0.622. The number of para-hydroxylation sites is 1. The highest BCUT2D eigenvalue weighted by Crippen LogP contribution is 2.28. The van der Waals surface area contributed by atoms with Crippen LogP contribution in [0.4, 0.5) is 5.69 Å². The Labute approximate surface area is 148 Å². The van der Waals surface area contributed by atoms with Crippen molar-refractivity contribution in [1.82, 2.24) is 4.57 Å². The number of aromatic nitrogens is 1. The second-order valence-electron chi connectivity index (χ2n) is 6.45. The first-order valence-electron chi connectivity index (χ1n) is 8.71. The number of carbonyl (C=O) groups excluding carboxylic acids is 2. The fourth-order valence-electron chi connectivity index (χ4n) is 3.56. The second kappa shape index (κ2) is 6.75. The topological polar surface area (TPSA) is 51.5 Å². The second-order valence-corrected chi connectivity index (χ2v) is 6.45. The highest BCUT2D eigenvalue weighted by molar-refractivity contribution is 6.00. The van der Waals surface area contributed by atoms with Gasteiger partial charge in [0.1, 0.15) is 0 Å². The number of nitrogens with zero attached hydrogens (tertiary/aromatic N) is 2. The Morgan fingerprint density at radius 3 is 2.64 bits per heavy atom. The van der Waals surface area contributed by atoms with Crippen LogP contribution < -0.4 is 4.90 Å². The molecular weight excluding hydrogens is 316 g/mol. The molecule has 0 bridgehead atoms. The molecule has 2 aromatic rings. The van der Waals surface area contributed by atoms with E-state index in [1.807, 2.05) is 51.1 Å². The van der Waals surface area contributed by atoms with Gasteiger partial charge >= 0.3 is 5.97 Å². The Balaban J connectivity index is 1.73. The molecule has 0 fully saturated rings. The standard InChI is InChI=1S/C20H24N2O3/c1-5-21-13(2)12-17(14(21)3)20(24)25-15(4)19(23)22-11-10-16-8-6-7-9-18(16)22/h6-9,12,15H,5,10-11H2,1-4H3/t15-/m0/s1. The van der Waals surface area contributed by atoms with Crippen molar-refractivity contribution < 1.29 is 14.3 Å². The van der Waals surface area contributed by atoms with E-state index in [1.165, 1.54) is 0 Å². The van der Waals surface area contributed by atoms with E-state index < -0.39 is 12.1 Å². The van der Waals surface area contributed by atoms with E-state index in [0.717, 1.165) is 35.6 Å². The highest BCUT2D eigenvalue weighted by Gasteiger charge is 2.30. The van der Waals surface area contributed by atoms with Gasteiger partial charge in [0.05, 0.1) is 5.56 Å². The van der Waals surface area contributed by atoms with Gasteiger partial charge in [-0.2, -0.15) is 0 Å². The Morgan fingerprint density at radius 1 is 1.24 bits per heavy atom. The maximum atomic E-state index is 12.7. The smallest absolute Gasteiger partial charge is 0.340 e. The lowest BCUT2D eigenvalue weighted by atomic mass is 10.2. The average molecular weight is 340 g/mol. The average Bonchev–Trinajstić information content (AvgIpc) is 3.15. The molecule has 1 atom stereocenters. The molecule has 2 heterocycles. The highest BCUT2D eigenvalue weighted by atomic mass is 16.5. The van der Waals surface area contributed by atoms with Gasteiger partial charge < -0.3 is 14.2 Å². The summed E-state index contributed by atoms with van der Waals surface area (Å²) in [5.41, 5.74) is 4.48. The molecule has 0 saturated carbocycles. The minimum absolute atomic E-state index is 0.178. The number of esters is 1. The van der Waals surface area contributed by atoms with Crippen LogP contribution in [0.1, 0.15) is 41.2 Å². The number of amides is 1. The van der Waals surface area contributed by atoms with E-state index in [1.54, 1.807) is 11.8 Å². The number of hydrogen-bond donors (Lipinski definition) is 0. The molecular formula is C20H24N2O3. The van der Waals surface area contributed by atoms with Crippen LogP contribution in [0, 0.1) is 13.8 Å². The van der Waals surface area contributed by atoms with E-state index in [9.17, 15) is 9.59 Å². The molecule has 0 radical (unpaired) electrons. The van der Waals surface area contributed by atoms with Gasteiger partial charge in [-0.15, -0.1) is 0 Å². The lowest BCUT2D eigenvalue weighted by molar-refractivity contribution is -0.126. The molecule has 1 aromatic carbocycles. The SMILES string of the molecule is CCn1c(C)cc(C(=O)O[C@@H](C)C(=O)N2CCc3ccccc32)c1C. The van der Waals surface area contributed by atoms with Gasteiger partial charge in [0.25, 0.3) is 5.91 Å². The van der Waals surface area contributed by atoms with Crippen LogP contribution in [0.15, 0.2) is 30.3 Å². The van der Waals surface area contributed by atoms with Crippen molar-refractivity contribution in [3.8, 4) is 0 Å². The van der Waals surface area contributed by atoms with Crippen LogP contribution >= 0.6 is 0 Å². The molecule has 1 aliphatic heterocycles. The van der Waals surface area contributed by atoms with Crippen molar-refractivity contribution in [2.45, 2.75) is 46.8 Å². The molecule has 3 rings (SSSR count). The molecule has 5 heteroatoms. The molecule has 1 amide bonds. The van der Waals surface area contributed by atoms with Gasteiger partial charge in [0, 0.05) is 30.2 Å². The summed E-state index contributed by atoms with van der Waals surface area (Å²) in [6.45, 7) is 8.96. The largest absolute Gasteiger partial charge is 0.449 e. The third-order valence-electron chi connectivity index (χ3n) is 4.89. The molecule has 0 spiro atoms. The van der Waals surface area contributed by atoms with Crippen molar-refractivity contribution in [2.75, 3.05) is 11.4 Å². The molecule has 1 aliphatic rings. The molecule has 1 aromatic heterocycles. The number of carbonyl (C=O) groups is 2. The summed E-state index contributed by atoms with van der Waals surface area (Å²) in [6.07, 6.45) is 0.0172. The molecule has 0 N–H and O–H groups in total. The summed E-state index contributed by atoms with van der Waals surface area (Å²) in [5, 5.41) is 0. The first kappa shape index (κ1) is 17.3. The molecule has 132 valence electrons. The van der Waals surface area contributed by atoms with Gasteiger partial charge in [-0.05, 0) is 51.8 Å². The number of ether oxygens (including phenoxy) is 1. The third kappa shape index (κ3) is 3.06. The van der Waals surface area contributed by atoms with Crippen LogP contribution in [0.2, 0.25) is 0 Å². The summed E-state index contributed by atoms with van der Waals surface area (Å²) < 4.78 is 7.53. The quantitative estimate of drug-likeness (QED) is 0.803. The minimum atomic E-state index is -0.816. The number of aryl methyl sites for hydroxylation is 1. The first-order valence-corrected chi connectivity index (χ1v) is 8.71. The van der Waals surface area contributed by atoms with E-state index in [0.29, 0.717) is 12.1 Å². The lowest BCUT2D eigenvalue weighted by Gasteiger charge is -2.21. The van der Waals surface area contributed by atoms with Gasteiger partial charge in [0.2, 0.25) is 0 Å². The summed E-state index contributed by atoms with van der Waals surface area (Å²) in [7, 11) is 0. The molecule has 0 aliphatic carbocycles. The van der Waals surface area contributed by atoms with Crippen LogP contribution in [-0.4, -0.2) is 29.1 Å². The maximum Gasteiger partial charge on any atom is 0.340 e. The van der Waals surface area contributed by atoms with Gasteiger partial charge in [-0.1, -0.05) is 18.2 Å². The van der Waals surface area contributed by atoms with Crippen LogP contribution in [-0.2, 0) is 22.5 Å². The zero-order valence-corrected chi connectivity index (χ0v) is 15.2. The Hall–Kier alpha value is -2.56. The normalized spacial score (nSPS) is 14.3. The van der Waals surface area contributed by atoms with Crippen molar-refractivity contribution in [1.29, 1.82) is 0 Å². The summed E-state index contributed by atoms with van der Waals surface area (Å²) >= 11 is 0. The van der Waals surface area contributed by atoms with E-state index in [-0.39, 0.29) is 5.91 Å². The van der Waals surface area contributed by atoms with Crippen LogP contribution in [0.25, 0.3) is 0 Å². The molecule has 0 unspecified atom stereocenters. The van der Waals surface area contributed by atoms with E-state index in [2.05, 4.69) is 4.57 Å². The number of fused-ring (bicyclic) bond motifs is 1. The first-order chi connectivity index (χ1) is 11.9. The predicted molar refractivity (Wildman–Crippen MR) is 97.0 cm³/mol. The van der Waals surface area contributed by atoms with Crippen molar-refractivity contribution >= 4 is 17.6 Å². The van der Waals surface area contributed by atoms with E-state index >= 15 is 0 Å². The third-order valence-corrected chi connectivity index (χ3v) is 4.89. The molecule has 5 nitrogen and oxygen atoms in total. The van der Waals surface area contributed by atoms with Crippen molar-refractivity contribution in [3.63, 3.8) is 0 Å². The number of rotatable bonds is 4. The van der Waals surface area contributed by atoms with Gasteiger partial charge in [0.15, 0.2) is 6.10 Å². The van der Waals surface area contributed by atoms with Gasteiger partial charge in [-0.3, -0.25) is 4.79 Å². The predicted octanol–water partition coefficient (Wildman–Crippen LogP) is 3.26. The van der Waals surface area contributed by atoms with E-state index in [4.69, 9.17) is 4.74 Å². The number of hydrogen-bond acceptors (Lipinski definition) is 3. The zero-order chi connectivity index (χ0) is 18.1. The lowest BCUT2D eigenvalue weighted by Crippen LogP contribution is -2.39. The maximum absolute atomic E-state index is 12.7. The fraction of sp³-hybridized carbons (Fsp3) is 0.400. The van der Waals surface area contributed by atoms with Crippen LogP contribution in [0.3, 0.4) is 0 Å².